The fraction of sp³-hybridized carbons (Fsp3) is 0.300. The van der Waals surface area contributed by atoms with Gasteiger partial charge in [-0.1, -0.05) is 48.5 Å². The van der Waals surface area contributed by atoms with Crippen LogP contribution in [0.4, 0.5) is 5.69 Å². The SMILES string of the molecule is CN1C(=O)[C@H](Cc2ccccc2)N(C)C(=O)C1C(O)c1ccccc1[NH+]([O-])O. The Morgan fingerprint density at radius 3 is 2.25 bits per heavy atom. The van der Waals surface area contributed by atoms with Crippen LogP contribution >= 0.6 is 0 Å². The molecule has 0 radical (unpaired) electrons. The summed E-state index contributed by atoms with van der Waals surface area (Å²) in [6, 6.07) is 13.4. The zero-order valence-corrected chi connectivity index (χ0v) is 15.6. The summed E-state index contributed by atoms with van der Waals surface area (Å²) in [5.74, 6) is -0.737. The lowest BCUT2D eigenvalue weighted by Gasteiger charge is -2.43. The van der Waals surface area contributed by atoms with Crippen LogP contribution in [0, 0.1) is 5.21 Å². The number of quaternary nitrogens is 1. The van der Waals surface area contributed by atoms with Gasteiger partial charge in [-0.25, -0.2) is 5.21 Å². The van der Waals surface area contributed by atoms with Gasteiger partial charge in [0, 0.05) is 32.1 Å². The quantitative estimate of drug-likeness (QED) is 0.630. The number of nitrogens with zero attached hydrogens (tertiary/aromatic N) is 2. The van der Waals surface area contributed by atoms with Crippen LogP contribution in [-0.4, -0.2) is 58.1 Å². The minimum atomic E-state index is -1.45. The molecule has 28 heavy (non-hydrogen) atoms. The smallest absolute Gasteiger partial charge is 0.248 e. The number of aliphatic hydroxyl groups excluding tert-OH is 1. The molecule has 3 rings (SSSR count). The van der Waals surface area contributed by atoms with Gasteiger partial charge < -0.3 is 20.1 Å². The first-order chi connectivity index (χ1) is 13.3. The number of carbonyl (C=O) groups excluding carboxylic acids is 2. The van der Waals surface area contributed by atoms with E-state index in [-0.39, 0.29) is 17.2 Å². The number of piperazine rings is 1. The fourth-order valence-electron chi connectivity index (χ4n) is 3.59. The van der Waals surface area contributed by atoms with Crippen LogP contribution in [0.2, 0.25) is 0 Å². The van der Waals surface area contributed by atoms with E-state index in [1.807, 2.05) is 30.3 Å². The Hall–Kier alpha value is -2.78. The second-order valence-electron chi connectivity index (χ2n) is 6.89. The molecule has 0 bridgehead atoms. The van der Waals surface area contributed by atoms with Crippen LogP contribution in [0.25, 0.3) is 0 Å². The number of amides is 2. The highest BCUT2D eigenvalue weighted by Gasteiger charge is 2.46. The van der Waals surface area contributed by atoms with E-state index in [9.17, 15) is 25.1 Å². The summed E-state index contributed by atoms with van der Waals surface area (Å²) in [6.07, 6.45) is -1.09. The first-order valence-electron chi connectivity index (χ1n) is 8.90. The molecule has 0 spiro atoms. The summed E-state index contributed by atoms with van der Waals surface area (Å²) in [7, 11) is 2.99. The molecule has 0 aromatic heterocycles. The average Bonchev–Trinajstić information content (AvgIpc) is 2.70. The number of para-hydroxylation sites is 1. The van der Waals surface area contributed by atoms with Gasteiger partial charge in [0.05, 0.1) is 0 Å². The van der Waals surface area contributed by atoms with Crippen LogP contribution in [0.15, 0.2) is 54.6 Å². The van der Waals surface area contributed by atoms with Gasteiger partial charge in [0.1, 0.15) is 18.2 Å². The summed E-state index contributed by atoms with van der Waals surface area (Å²) in [4.78, 5) is 28.5. The Morgan fingerprint density at radius 2 is 1.61 bits per heavy atom. The largest absolute Gasteiger partial charge is 0.595 e. The Kier molecular flexibility index (Phi) is 5.76. The maximum absolute atomic E-state index is 13.0. The van der Waals surface area contributed by atoms with Gasteiger partial charge in [0.25, 0.3) is 0 Å². The molecule has 1 fully saturated rings. The lowest BCUT2D eigenvalue weighted by Crippen LogP contribution is -2.99. The first kappa shape index (κ1) is 20.0. The molecular formula is C20H23N3O5. The number of rotatable bonds is 5. The van der Waals surface area contributed by atoms with Crippen LogP contribution in [0.3, 0.4) is 0 Å². The highest BCUT2D eigenvalue weighted by molar-refractivity contribution is 5.97. The topological polar surface area (TPSA) is 109 Å². The van der Waals surface area contributed by atoms with Gasteiger partial charge in [0.2, 0.25) is 11.8 Å². The first-order valence-corrected chi connectivity index (χ1v) is 8.90. The normalized spacial score (nSPS) is 22.3. The van der Waals surface area contributed by atoms with Crippen molar-refractivity contribution in [2.45, 2.75) is 24.6 Å². The monoisotopic (exact) mass is 385 g/mol. The molecule has 1 aliphatic rings. The molecule has 3 unspecified atom stereocenters. The molecular weight excluding hydrogens is 362 g/mol. The maximum atomic E-state index is 13.0. The number of hydrogen-bond donors (Lipinski definition) is 3. The molecule has 4 atom stereocenters. The zero-order valence-electron chi connectivity index (χ0n) is 15.6. The van der Waals surface area contributed by atoms with Crippen molar-refractivity contribution in [3.05, 3.63) is 70.9 Å². The van der Waals surface area contributed by atoms with Crippen LogP contribution < -0.4 is 5.23 Å². The van der Waals surface area contributed by atoms with Gasteiger partial charge in [-0.3, -0.25) is 9.59 Å². The van der Waals surface area contributed by atoms with Crippen LogP contribution in [0.5, 0.6) is 0 Å². The number of benzene rings is 2. The van der Waals surface area contributed by atoms with E-state index in [1.54, 1.807) is 12.1 Å². The number of aliphatic hydroxyl groups is 1. The van der Waals surface area contributed by atoms with Crippen molar-refractivity contribution in [3.63, 3.8) is 0 Å². The predicted octanol–water partition coefficient (Wildman–Crippen LogP) is 0.0337. The van der Waals surface area contributed by atoms with Gasteiger partial charge >= 0.3 is 0 Å². The van der Waals surface area contributed by atoms with E-state index >= 15 is 0 Å². The minimum Gasteiger partial charge on any atom is -0.595 e. The highest BCUT2D eigenvalue weighted by Crippen LogP contribution is 2.30. The molecule has 8 nitrogen and oxygen atoms in total. The third kappa shape index (κ3) is 3.63. The van der Waals surface area contributed by atoms with E-state index in [0.717, 1.165) is 5.56 Å². The fourth-order valence-corrected chi connectivity index (χ4v) is 3.59. The molecule has 0 saturated carbocycles. The van der Waals surface area contributed by atoms with Crippen LogP contribution in [0.1, 0.15) is 17.2 Å². The lowest BCUT2D eigenvalue weighted by molar-refractivity contribution is -0.991. The predicted molar refractivity (Wildman–Crippen MR) is 100 cm³/mol. The Bertz CT molecular complexity index is 858. The maximum Gasteiger partial charge on any atom is 0.248 e. The van der Waals surface area contributed by atoms with E-state index in [4.69, 9.17) is 0 Å². The van der Waals surface area contributed by atoms with Crippen LogP contribution in [-0.2, 0) is 16.0 Å². The van der Waals surface area contributed by atoms with E-state index in [1.165, 1.54) is 36.0 Å². The number of carbonyl (C=O) groups is 2. The average molecular weight is 385 g/mol. The molecule has 2 aromatic rings. The molecule has 8 heteroatoms. The van der Waals surface area contributed by atoms with Gasteiger partial charge in [-0.2, -0.15) is 5.23 Å². The third-order valence-corrected chi connectivity index (χ3v) is 5.20. The van der Waals surface area contributed by atoms with Crippen molar-refractivity contribution in [1.82, 2.24) is 9.80 Å². The van der Waals surface area contributed by atoms with Gasteiger partial charge in [0.15, 0.2) is 5.69 Å². The standard InChI is InChI=1S/C20H23N3O5/c1-21-16(12-13-8-4-3-5-9-13)19(25)22(2)17(20(21)26)18(24)14-10-6-7-11-15(14)23(27)28/h3-11,16-18,23-24,27H,12H2,1-2H3/t16-,17?,18?/m0/s1. The number of hydrogen-bond acceptors (Lipinski definition) is 5. The molecule has 2 amide bonds. The van der Waals surface area contributed by atoms with Gasteiger partial charge in [-0.05, 0) is 5.56 Å². The second kappa shape index (κ2) is 8.07. The van der Waals surface area contributed by atoms with Crippen molar-refractivity contribution in [1.29, 1.82) is 0 Å². The number of likely N-dealkylation sites (N-methyl/N-ethyl adjacent to an activating group) is 2. The molecule has 0 aliphatic carbocycles. The van der Waals surface area contributed by atoms with E-state index < -0.39 is 29.3 Å². The van der Waals surface area contributed by atoms with Crippen molar-refractivity contribution >= 4 is 17.5 Å². The lowest BCUT2D eigenvalue weighted by atomic mass is 9.93. The molecule has 2 aromatic carbocycles. The Balaban J connectivity index is 1.89. The molecule has 1 saturated heterocycles. The number of nitrogens with one attached hydrogen (secondary N) is 1. The summed E-state index contributed by atoms with van der Waals surface area (Å²) >= 11 is 0. The molecule has 1 heterocycles. The summed E-state index contributed by atoms with van der Waals surface area (Å²) in [6.45, 7) is 0. The highest BCUT2D eigenvalue weighted by atomic mass is 16.8. The summed E-state index contributed by atoms with van der Waals surface area (Å²) in [5, 5.41) is 30.5. The Morgan fingerprint density at radius 1 is 1.00 bits per heavy atom. The van der Waals surface area contributed by atoms with E-state index in [0.29, 0.717) is 6.42 Å². The minimum absolute atomic E-state index is 0.0993. The van der Waals surface area contributed by atoms with E-state index in [2.05, 4.69) is 0 Å². The zero-order chi connectivity index (χ0) is 20.4. The molecule has 148 valence electrons. The molecule has 3 N–H and O–H groups in total. The van der Waals surface area contributed by atoms with Crippen molar-refractivity contribution in [2.75, 3.05) is 14.1 Å². The Labute approximate surface area is 162 Å². The van der Waals surface area contributed by atoms with Gasteiger partial charge in [-0.15, -0.1) is 0 Å². The van der Waals surface area contributed by atoms with Crippen molar-refractivity contribution < 1.29 is 25.1 Å². The van der Waals surface area contributed by atoms with Crippen molar-refractivity contribution in [3.8, 4) is 0 Å². The van der Waals surface area contributed by atoms with Crippen molar-refractivity contribution in [2.24, 2.45) is 0 Å². The third-order valence-electron chi connectivity index (χ3n) is 5.20. The second-order valence-corrected chi connectivity index (χ2v) is 6.89. The molecule has 1 aliphatic heterocycles. The summed E-state index contributed by atoms with van der Waals surface area (Å²) in [5.41, 5.74) is 0.921. The summed E-state index contributed by atoms with van der Waals surface area (Å²) < 4.78 is 0.